The minimum absolute atomic E-state index is 0.0219. The molecule has 2 atom stereocenters. The van der Waals surface area contributed by atoms with Crippen molar-refractivity contribution in [3.63, 3.8) is 0 Å². The van der Waals surface area contributed by atoms with Crippen molar-refractivity contribution >= 4 is 6.34 Å². The normalized spacial score (nSPS) is 16.9. The molecule has 2 heterocycles. The average Bonchev–Trinajstić information content (AvgIpc) is 3.40. The highest BCUT2D eigenvalue weighted by Gasteiger charge is 2.43. The fraction of sp³-hybridized carbons (Fsp3) is 0.300. The Bertz CT molecular complexity index is 1140. The van der Waals surface area contributed by atoms with Crippen LogP contribution in [0.2, 0.25) is 0 Å². The molecule has 5 nitrogen and oxygen atoms in total. The van der Waals surface area contributed by atoms with Crippen molar-refractivity contribution in [2.45, 2.75) is 38.1 Å². The first kappa shape index (κ1) is 23.0. The summed E-state index contributed by atoms with van der Waals surface area (Å²) in [6, 6.07) is 32.0. The predicted molar refractivity (Wildman–Crippen MR) is 139 cm³/mol. The van der Waals surface area contributed by atoms with Crippen molar-refractivity contribution < 1.29 is 4.52 Å². The quantitative estimate of drug-likeness (QED) is 0.297. The molecule has 0 fully saturated rings. The second-order valence-corrected chi connectivity index (χ2v) is 9.40. The number of rotatable bonds is 8. The molecule has 178 valence electrons. The van der Waals surface area contributed by atoms with E-state index < -0.39 is 5.54 Å². The molecule has 1 aliphatic heterocycles. The molecule has 0 amide bonds. The molecule has 0 N–H and O–H groups in total. The van der Waals surface area contributed by atoms with Gasteiger partial charge in [-0.15, -0.1) is 0 Å². The zero-order chi connectivity index (χ0) is 24.1. The first-order chi connectivity index (χ1) is 17.2. The number of aromatic nitrogens is 2. The van der Waals surface area contributed by atoms with Crippen molar-refractivity contribution in [1.29, 1.82) is 0 Å². The largest absolute Gasteiger partial charge is 0.344 e. The lowest BCUT2D eigenvalue weighted by molar-refractivity contribution is 0.228. The number of hydrogen-bond donors (Lipinski definition) is 0. The van der Waals surface area contributed by atoms with Gasteiger partial charge in [-0.05, 0) is 22.6 Å². The monoisotopic (exact) mass is 464 g/mol. The van der Waals surface area contributed by atoms with Crippen molar-refractivity contribution in [3.05, 3.63) is 119 Å². The van der Waals surface area contributed by atoms with Crippen LogP contribution in [-0.2, 0) is 12.0 Å². The summed E-state index contributed by atoms with van der Waals surface area (Å²) in [6.07, 6.45) is 3.93. The summed E-state index contributed by atoms with van der Waals surface area (Å²) in [5, 5.41) is 4.28. The zero-order valence-electron chi connectivity index (χ0n) is 20.4. The maximum absolute atomic E-state index is 5.77. The van der Waals surface area contributed by atoms with Gasteiger partial charge in [-0.2, -0.15) is 4.98 Å². The van der Waals surface area contributed by atoms with Gasteiger partial charge in [-0.1, -0.05) is 116 Å². The molecule has 0 aliphatic carbocycles. The Labute approximate surface area is 207 Å². The van der Waals surface area contributed by atoms with Crippen LogP contribution in [0.4, 0.5) is 0 Å². The molecule has 35 heavy (non-hydrogen) atoms. The summed E-state index contributed by atoms with van der Waals surface area (Å²) >= 11 is 0. The van der Waals surface area contributed by atoms with E-state index in [0.29, 0.717) is 24.9 Å². The molecule has 3 aromatic carbocycles. The lowest BCUT2D eigenvalue weighted by atomic mass is 9.75. The molecule has 5 rings (SSSR count). The molecule has 5 heteroatoms. The van der Waals surface area contributed by atoms with Gasteiger partial charge >= 0.3 is 0 Å². The Morgan fingerprint density at radius 2 is 1.43 bits per heavy atom. The molecule has 1 aromatic heterocycles. The number of nitrogens with zero attached hydrogens (tertiary/aromatic N) is 4. The lowest BCUT2D eigenvalue weighted by Crippen LogP contribution is -2.50. The Morgan fingerprint density at radius 1 is 0.886 bits per heavy atom. The van der Waals surface area contributed by atoms with E-state index in [2.05, 4.69) is 115 Å². The summed E-state index contributed by atoms with van der Waals surface area (Å²) in [5.41, 5.74) is 3.01. The van der Waals surface area contributed by atoms with E-state index in [9.17, 15) is 0 Å². The second kappa shape index (κ2) is 10.3. The predicted octanol–water partition coefficient (Wildman–Crippen LogP) is 6.08. The maximum Gasteiger partial charge on any atom is 0.233 e. The van der Waals surface area contributed by atoms with Gasteiger partial charge in [0.05, 0.1) is 18.8 Å². The van der Waals surface area contributed by atoms with Crippen LogP contribution >= 0.6 is 0 Å². The lowest BCUT2D eigenvalue weighted by Gasteiger charge is -2.46. The third-order valence-electron chi connectivity index (χ3n) is 7.03. The highest BCUT2D eigenvalue weighted by molar-refractivity contribution is 5.64. The van der Waals surface area contributed by atoms with Crippen LogP contribution < -0.4 is 0 Å². The van der Waals surface area contributed by atoms with Gasteiger partial charge < -0.3 is 9.42 Å². The highest BCUT2D eigenvalue weighted by Crippen LogP contribution is 2.43. The van der Waals surface area contributed by atoms with E-state index in [1.54, 1.807) is 0 Å². The molecular formula is C30H32N4O. The summed E-state index contributed by atoms with van der Waals surface area (Å²) in [7, 11) is 0. The van der Waals surface area contributed by atoms with Crippen LogP contribution in [0, 0.1) is 5.92 Å². The van der Waals surface area contributed by atoms with Gasteiger partial charge in [-0.3, -0.25) is 4.99 Å². The Balaban J connectivity index is 1.60. The Kier molecular flexibility index (Phi) is 6.75. The third kappa shape index (κ3) is 4.51. The highest BCUT2D eigenvalue weighted by atomic mass is 16.5. The molecule has 2 unspecified atom stereocenters. The van der Waals surface area contributed by atoms with Crippen molar-refractivity contribution in [2.24, 2.45) is 10.9 Å². The van der Waals surface area contributed by atoms with Gasteiger partial charge in [0.15, 0.2) is 5.82 Å². The molecule has 0 saturated carbocycles. The van der Waals surface area contributed by atoms with Crippen molar-refractivity contribution in [3.8, 4) is 0 Å². The molecule has 4 aromatic rings. The SMILES string of the molecule is CCC(C)Cc1noc(C2CN=CN(C(c3ccccc3)(c3ccccc3)c3ccccc3)C2)n1. The Morgan fingerprint density at radius 3 is 1.94 bits per heavy atom. The van der Waals surface area contributed by atoms with Crippen LogP contribution in [0.5, 0.6) is 0 Å². The van der Waals surface area contributed by atoms with Crippen LogP contribution in [0.15, 0.2) is 101 Å². The zero-order valence-corrected chi connectivity index (χ0v) is 20.4. The molecule has 0 bridgehead atoms. The summed E-state index contributed by atoms with van der Waals surface area (Å²) in [4.78, 5) is 11.9. The van der Waals surface area contributed by atoms with E-state index >= 15 is 0 Å². The van der Waals surface area contributed by atoms with E-state index in [1.165, 1.54) is 16.7 Å². The minimum Gasteiger partial charge on any atom is -0.344 e. The molecule has 0 radical (unpaired) electrons. The van der Waals surface area contributed by atoms with Gasteiger partial charge in [0, 0.05) is 13.0 Å². The standard InChI is InChI=1S/C30H32N4O/c1-3-23(2)19-28-32-29(35-33-28)24-20-31-22-34(21-24)30(25-13-7-4-8-14-25,26-15-9-5-10-16-26)27-17-11-6-12-18-27/h4-18,22-24H,3,19-21H2,1-2H3. The van der Waals surface area contributed by atoms with Crippen LogP contribution in [0.25, 0.3) is 0 Å². The fourth-order valence-electron chi connectivity index (χ4n) is 5.00. The first-order valence-electron chi connectivity index (χ1n) is 12.5. The summed E-state index contributed by atoms with van der Waals surface area (Å²) in [6.45, 7) is 5.76. The van der Waals surface area contributed by atoms with Crippen LogP contribution in [-0.4, -0.2) is 34.5 Å². The van der Waals surface area contributed by atoms with Gasteiger partial charge in [0.2, 0.25) is 5.89 Å². The van der Waals surface area contributed by atoms with Crippen LogP contribution in [0.1, 0.15) is 54.6 Å². The third-order valence-corrected chi connectivity index (χ3v) is 7.03. The van der Waals surface area contributed by atoms with E-state index in [0.717, 1.165) is 18.7 Å². The molecule has 0 spiro atoms. The van der Waals surface area contributed by atoms with Crippen molar-refractivity contribution in [2.75, 3.05) is 13.1 Å². The molecular weight excluding hydrogens is 432 g/mol. The van der Waals surface area contributed by atoms with Gasteiger partial charge in [0.25, 0.3) is 0 Å². The molecule has 1 aliphatic rings. The number of hydrogen-bond acceptors (Lipinski definition) is 5. The van der Waals surface area contributed by atoms with Gasteiger partial charge in [0.1, 0.15) is 5.54 Å². The first-order valence-corrected chi connectivity index (χ1v) is 12.5. The fourth-order valence-corrected chi connectivity index (χ4v) is 5.00. The van der Waals surface area contributed by atoms with Gasteiger partial charge in [-0.25, -0.2) is 0 Å². The second-order valence-electron chi connectivity index (χ2n) is 9.40. The maximum atomic E-state index is 5.77. The topological polar surface area (TPSA) is 54.5 Å². The minimum atomic E-state index is -0.550. The Hall–Kier alpha value is -3.73. The van der Waals surface area contributed by atoms with Crippen molar-refractivity contribution in [1.82, 2.24) is 15.0 Å². The average molecular weight is 465 g/mol. The number of benzene rings is 3. The summed E-state index contributed by atoms with van der Waals surface area (Å²) < 4.78 is 5.77. The molecule has 0 saturated heterocycles. The summed E-state index contributed by atoms with van der Waals surface area (Å²) in [5.74, 6) is 2.01. The smallest absolute Gasteiger partial charge is 0.233 e. The van der Waals surface area contributed by atoms with E-state index in [1.807, 2.05) is 6.34 Å². The number of aliphatic imine (C=N–C) groups is 1. The van der Waals surface area contributed by atoms with E-state index in [4.69, 9.17) is 14.5 Å². The van der Waals surface area contributed by atoms with Crippen LogP contribution in [0.3, 0.4) is 0 Å². The van der Waals surface area contributed by atoms with E-state index in [-0.39, 0.29) is 5.92 Å².